The SMILES string of the molecule is CCOc1ccc(CCl)c2ccccc12. The van der Waals surface area contributed by atoms with Gasteiger partial charge in [0.2, 0.25) is 0 Å². The molecule has 0 bridgehead atoms. The number of rotatable bonds is 3. The van der Waals surface area contributed by atoms with E-state index in [-0.39, 0.29) is 0 Å². The van der Waals surface area contributed by atoms with Crippen molar-refractivity contribution in [3.8, 4) is 5.75 Å². The van der Waals surface area contributed by atoms with Crippen LogP contribution in [0.1, 0.15) is 12.5 Å². The Morgan fingerprint density at radius 3 is 2.47 bits per heavy atom. The lowest BCUT2D eigenvalue weighted by molar-refractivity contribution is 0.344. The third-order valence-corrected chi connectivity index (χ3v) is 2.71. The lowest BCUT2D eigenvalue weighted by Gasteiger charge is -2.09. The summed E-state index contributed by atoms with van der Waals surface area (Å²) in [5.41, 5.74) is 1.15. The molecule has 2 heteroatoms. The van der Waals surface area contributed by atoms with Crippen LogP contribution in [0, 0.1) is 0 Å². The van der Waals surface area contributed by atoms with Crippen LogP contribution in [-0.2, 0) is 5.88 Å². The summed E-state index contributed by atoms with van der Waals surface area (Å²) < 4.78 is 5.58. The van der Waals surface area contributed by atoms with Crippen molar-refractivity contribution in [3.05, 3.63) is 42.0 Å². The quantitative estimate of drug-likeness (QED) is 0.711. The number of benzene rings is 2. The van der Waals surface area contributed by atoms with E-state index < -0.39 is 0 Å². The van der Waals surface area contributed by atoms with E-state index in [0.717, 1.165) is 16.7 Å². The number of ether oxygens (including phenoxy) is 1. The molecule has 2 rings (SSSR count). The third-order valence-electron chi connectivity index (χ3n) is 2.42. The summed E-state index contributed by atoms with van der Waals surface area (Å²) in [4.78, 5) is 0. The van der Waals surface area contributed by atoms with Crippen molar-refractivity contribution in [2.24, 2.45) is 0 Å². The van der Waals surface area contributed by atoms with E-state index in [0.29, 0.717) is 12.5 Å². The normalized spacial score (nSPS) is 10.5. The smallest absolute Gasteiger partial charge is 0.127 e. The highest BCUT2D eigenvalue weighted by Crippen LogP contribution is 2.29. The first-order valence-corrected chi connectivity index (χ1v) is 5.59. The molecule has 0 heterocycles. The standard InChI is InChI=1S/C13H13ClO/c1-2-15-13-8-7-10(9-14)11-5-3-4-6-12(11)13/h3-8H,2,9H2,1H3. The second-order valence-electron chi connectivity index (χ2n) is 3.34. The van der Waals surface area contributed by atoms with E-state index in [1.54, 1.807) is 0 Å². The molecule has 1 nitrogen and oxygen atoms in total. The van der Waals surface area contributed by atoms with Crippen LogP contribution in [0.5, 0.6) is 5.75 Å². The van der Waals surface area contributed by atoms with Crippen molar-refractivity contribution in [2.45, 2.75) is 12.8 Å². The Labute approximate surface area is 94.6 Å². The summed E-state index contributed by atoms with van der Waals surface area (Å²) in [6.45, 7) is 2.68. The first-order valence-electron chi connectivity index (χ1n) is 5.06. The maximum Gasteiger partial charge on any atom is 0.127 e. The molecule has 15 heavy (non-hydrogen) atoms. The molecule has 0 amide bonds. The van der Waals surface area contributed by atoms with Gasteiger partial charge in [-0.1, -0.05) is 30.3 Å². The van der Waals surface area contributed by atoms with Crippen LogP contribution in [0.4, 0.5) is 0 Å². The van der Waals surface area contributed by atoms with Gasteiger partial charge in [0, 0.05) is 11.3 Å². The molecule has 0 aliphatic rings. The van der Waals surface area contributed by atoms with Gasteiger partial charge in [-0.05, 0) is 23.9 Å². The number of fused-ring (bicyclic) bond motifs is 1. The Morgan fingerprint density at radius 1 is 1.07 bits per heavy atom. The van der Waals surface area contributed by atoms with Crippen molar-refractivity contribution < 1.29 is 4.74 Å². The maximum atomic E-state index is 5.89. The first-order chi connectivity index (χ1) is 7.36. The van der Waals surface area contributed by atoms with Crippen LogP contribution in [-0.4, -0.2) is 6.61 Å². The topological polar surface area (TPSA) is 9.23 Å². The highest BCUT2D eigenvalue weighted by atomic mass is 35.5. The minimum atomic E-state index is 0.535. The Bertz CT molecular complexity index is 465. The second-order valence-corrected chi connectivity index (χ2v) is 3.60. The van der Waals surface area contributed by atoms with Gasteiger partial charge >= 0.3 is 0 Å². The lowest BCUT2D eigenvalue weighted by Crippen LogP contribution is -1.93. The zero-order valence-corrected chi connectivity index (χ0v) is 9.42. The predicted octanol–water partition coefficient (Wildman–Crippen LogP) is 3.98. The van der Waals surface area contributed by atoms with Gasteiger partial charge in [-0.3, -0.25) is 0 Å². The summed E-state index contributed by atoms with van der Waals surface area (Å²) in [5.74, 6) is 1.47. The molecule has 0 fully saturated rings. The summed E-state index contributed by atoms with van der Waals surface area (Å²) in [7, 11) is 0. The average molecular weight is 221 g/mol. The minimum absolute atomic E-state index is 0.535. The van der Waals surface area contributed by atoms with Gasteiger partial charge in [0.05, 0.1) is 6.61 Å². The van der Waals surface area contributed by atoms with Crippen LogP contribution in [0.3, 0.4) is 0 Å². The Hall–Kier alpha value is -1.21. The summed E-state index contributed by atoms with van der Waals surface area (Å²) in [6, 6.07) is 12.2. The third kappa shape index (κ3) is 1.93. The summed E-state index contributed by atoms with van der Waals surface area (Å²) in [6.07, 6.45) is 0. The predicted molar refractivity (Wildman–Crippen MR) is 64.7 cm³/mol. The van der Waals surface area contributed by atoms with E-state index in [1.165, 1.54) is 5.39 Å². The second kappa shape index (κ2) is 4.54. The molecular weight excluding hydrogens is 208 g/mol. The minimum Gasteiger partial charge on any atom is -0.493 e. The molecule has 2 aromatic carbocycles. The van der Waals surface area contributed by atoms with Gasteiger partial charge in [0.15, 0.2) is 0 Å². The summed E-state index contributed by atoms with van der Waals surface area (Å²) in [5, 5.41) is 2.32. The molecule has 0 atom stereocenters. The van der Waals surface area contributed by atoms with Crippen LogP contribution < -0.4 is 4.74 Å². The molecule has 0 aliphatic carbocycles. The fraction of sp³-hybridized carbons (Fsp3) is 0.231. The fourth-order valence-corrected chi connectivity index (χ4v) is 1.96. The fourth-order valence-electron chi connectivity index (χ4n) is 1.73. The van der Waals surface area contributed by atoms with E-state index in [4.69, 9.17) is 16.3 Å². The van der Waals surface area contributed by atoms with Crippen molar-refractivity contribution in [3.63, 3.8) is 0 Å². The van der Waals surface area contributed by atoms with E-state index in [1.807, 2.05) is 31.2 Å². The molecule has 0 saturated carbocycles. The number of alkyl halides is 1. The summed E-state index contributed by atoms with van der Waals surface area (Å²) >= 11 is 5.89. The van der Waals surface area contributed by atoms with Crippen molar-refractivity contribution in [2.75, 3.05) is 6.61 Å². The Morgan fingerprint density at radius 2 is 1.80 bits per heavy atom. The van der Waals surface area contributed by atoms with Gasteiger partial charge in [0.25, 0.3) is 0 Å². The number of halogens is 1. The first kappa shape index (κ1) is 10.3. The number of hydrogen-bond donors (Lipinski definition) is 0. The molecule has 0 saturated heterocycles. The molecule has 78 valence electrons. The van der Waals surface area contributed by atoms with Gasteiger partial charge < -0.3 is 4.74 Å². The molecule has 2 aromatic rings. The average Bonchev–Trinajstić information content (AvgIpc) is 2.30. The Kier molecular flexibility index (Phi) is 3.12. The molecule has 0 aliphatic heterocycles. The largest absolute Gasteiger partial charge is 0.493 e. The Balaban J connectivity index is 2.66. The number of hydrogen-bond acceptors (Lipinski definition) is 1. The highest BCUT2D eigenvalue weighted by molar-refractivity contribution is 6.18. The van der Waals surface area contributed by atoms with Crippen LogP contribution in [0.15, 0.2) is 36.4 Å². The van der Waals surface area contributed by atoms with Crippen LogP contribution in [0.25, 0.3) is 10.8 Å². The van der Waals surface area contributed by atoms with E-state index in [2.05, 4.69) is 12.1 Å². The van der Waals surface area contributed by atoms with Crippen LogP contribution in [0.2, 0.25) is 0 Å². The molecule has 0 radical (unpaired) electrons. The maximum absolute atomic E-state index is 5.89. The zero-order chi connectivity index (χ0) is 10.7. The van der Waals surface area contributed by atoms with Crippen molar-refractivity contribution in [1.29, 1.82) is 0 Å². The van der Waals surface area contributed by atoms with E-state index in [9.17, 15) is 0 Å². The molecular formula is C13H13ClO. The molecule has 0 N–H and O–H groups in total. The van der Waals surface area contributed by atoms with Gasteiger partial charge in [-0.15, -0.1) is 11.6 Å². The van der Waals surface area contributed by atoms with Gasteiger partial charge in [-0.2, -0.15) is 0 Å². The monoisotopic (exact) mass is 220 g/mol. The molecule has 0 spiro atoms. The van der Waals surface area contributed by atoms with Crippen molar-refractivity contribution in [1.82, 2.24) is 0 Å². The zero-order valence-electron chi connectivity index (χ0n) is 8.66. The van der Waals surface area contributed by atoms with Crippen molar-refractivity contribution >= 4 is 22.4 Å². The molecule has 0 unspecified atom stereocenters. The van der Waals surface area contributed by atoms with Gasteiger partial charge in [-0.25, -0.2) is 0 Å². The van der Waals surface area contributed by atoms with E-state index >= 15 is 0 Å². The van der Waals surface area contributed by atoms with Crippen LogP contribution >= 0.6 is 11.6 Å². The highest BCUT2D eigenvalue weighted by Gasteiger charge is 2.04. The van der Waals surface area contributed by atoms with Gasteiger partial charge in [0.1, 0.15) is 5.75 Å². The lowest BCUT2D eigenvalue weighted by atomic mass is 10.0. The molecule has 0 aromatic heterocycles.